The summed E-state index contributed by atoms with van der Waals surface area (Å²) in [6.45, 7) is 8.47. The molecule has 0 saturated carbocycles. The van der Waals surface area contributed by atoms with Crippen LogP contribution in [0.2, 0.25) is 5.15 Å². The minimum Gasteiger partial charge on any atom is -0.382 e. The fraction of sp³-hybridized carbons (Fsp3) is 0.269. The van der Waals surface area contributed by atoms with Gasteiger partial charge in [-0.2, -0.15) is 0 Å². The molecule has 1 aromatic carbocycles. The molecular weight excluding hydrogens is 457 g/mol. The van der Waals surface area contributed by atoms with Crippen molar-refractivity contribution in [3.63, 3.8) is 0 Å². The lowest BCUT2D eigenvalue weighted by molar-refractivity contribution is -0.112. The molecule has 1 atom stereocenters. The number of ketones is 1. The highest BCUT2D eigenvalue weighted by Crippen LogP contribution is 2.37. The van der Waals surface area contributed by atoms with Crippen LogP contribution in [0.3, 0.4) is 0 Å². The van der Waals surface area contributed by atoms with Gasteiger partial charge in [-0.15, -0.1) is 0 Å². The van der Waals surface area contributed by atoms with Crippen molar-refractivity contribution in [3.05, 3.63) is 88.6 Å². The molecule has 1 unspecified atom stereocenters. The molecule has 178 valence electrons. The SMILES string of the molecule is C=CNc1cc(N2CCOCC2)ccc1C(C)=C1C=C(C(O)c2ccc(Cl)n2C)C(=O)C=C1F. The third-order valence-corrected chi connectivity index (χ3v) is 6.60. The molecule has 0 radical (unpaired) electrons. The van der Waals surface area contributed by atoms with Gasteiger partial charge in [0.25, 0.3) is 0 Å². The van der Waals surface area contributed by atoms with Crippen molar-refractivity contribution in [2.75, 3.05) is 36.5 Å². The molecule has 1 aromatic heterocycles. The molecule has 2 aromatic rings. The topological polar surface area (TPSA) is 66.7 Å². The van der Waals surface area contributed by atoms with Gasteiger partial charge < -0.3 is 24.6 Å². The zero-order valence-corrected chi connectivity index (χ0v) is 19.9. The van der Waals surface area contributed by atoms with Gasteiger partial charge in [0.1, 0.15) is 17.1 Å². The lowest BCUT2D eigenvalue weighted by atomic mass is 9.89. The van der Waals surface area contributed by atoms with Gasteiger partial charge in [0.15, 0.2) is 5.78 Å². The first kappa shape index (κ1) is 24.0. The Kier molecular flexibility index (Phi) is 7.07. The number of rotatable bonds is 6. The number of hydrogen-bond donors (Lipinski definition) is 2. The average Bonchev–Trinajstić information content (AvgIpc) is 3.17. The van der Waals surface area contributed by atoms with Crippen LogP contribution in [0.25, 0.3) is 5.57 Å². The van der Waals surface area contributed by atoms with E-state index in [9.17, 15) is 9.90 Å². The maximum absolute atomic E-state index is 15.0. The van der Waals surface area contributed by atoms with Crippen molar-refractivity contribution in [1.29, 1.82) is 0 Å². The summed E-state index contributed by atoms with van der Waals surface area (Å²) in [4.78, 5) is 14.8. The maximum Gasteiger partial charge on any atom is 0.187 e. The molecule has 0 amide bonds. The highest BCUT2D eigenvalue weighted by molar-refractivity contribution is 6.29. The predicted molar refractivity (Wildman–Crippen MR) is 134 cm³/mol. The van der Waals surface area contributed by atoms with Crippen molar-refractivity contribution in [1.82, 2.24) is 4.57 Å². The second kappa shape index (κ2) is 10.0. The van der Waals surface area contributed by atoms with Crippen LogP contribution in [0.4, 0.5) is 15.8 Å². The lowest BCUT2D eigenvalue weighted by Gasteiger charge is -2.29. The summed E-state index contributed by atoms with van der Waals surface area (Å²) in [6.07, 6.45) is 2.67. The van der Waals surface area contributed by atoms with E-state index >= 15 is 4.39 Å². The molecule has 1 fully saturated rings. The summed E-state index contributed by atoms with van der Waals surface area (Å²) >= 11 is 6.09. The summed E-state index contributed by atoms with van der Waals surface area (Å²) < 4.78 is 22.0. The second-order valence-electron chi connectivity index (χ2n) is 8.22. The van der Waals surface area contributed by atoms with E-state index in [4.69, 9.17) is 16.3 Å². The first-order valence-corrected chi connectivity index (χ1v) is 11.4. The van der Waals surface area contributed by atoms with Crippen molar-refractivity contribution in [2.45, 2.75) is 13.0 Å². The van der Waals surface area contributed by atoms with Crippen LogP contribution in [0.1, 0.15) is 24.3 Å². The van der Waals surface area contributed by atoms with Crippen LogP contribution in [-0.4, -0.2) is 41.8 Å². The van der Waals surface area contributed by atoms with Crippen molar-refractivity contribution >= 4 is 34.3 Å². The third kappa shape index (κ3) is 4.59. The molecule has 2 aliphatic rings. The van der Waals surface area contributed by atoms with Crippen molar-refractivity contribution in [2.24, 2.45) is 7.05 Å². The van der Waals surface area contributed by atoms with Gasteiger partial charge in [-0.25, -0.2) is 4.39 Å². The highest BCUT2D eigenvalue weighted by atomic mass is 35.5. The third-order valence-electron chi connectivity index (χ3n) is 6.22. The number of hydrogen-bond acceptors (Lipinski definition) is 5. The van der Waals surface area contributed by atoms with Gasteiger partial charge in [0.05, 0.1) is 18.9 Å². The van der Waals surface area contributed by atoms with Crippen LogP contribution < -0.4 is 10.2 Å². The molecule has 0 bridgehead atoms. The monoisotopic (exact) mass is 483 g/mol. The van der Waals surface area contributed by atoms with Gasteiger partial charge >= 0.3 is 0 Å². The molecule has 4 rings (SSSR count). The summed E-state index contributed by atoms with van der Waals surface area (Å²) in [6, 6.07) is 9.18. The van der Waals surface area contributed by atoms with Crippen molar-refractivity contribution in [3.8, 4) is 0 Å². The summed E-state index contributed by atoms with van der Waals surface area (Å²) in [7, 11) is 1.69. The Bertz CT molecular complexity index is 1220. The van der Waals surface area contributed by atoms with Gasteiger partial charge in [-0.05, 0) is 49.0 Å². The van der Waals surface area contributed by atoms with E-state index in [1.54, 1.807) is 36.9 Å². The summed E-state index contributed by atoms with van der Waals surface area (Å²) in [5, 5.41) is 14.5. The van der Waals surface area contributed by atoms with Crippen LogP contribution in [0.5, 0.6) is 0 Å². The van der Waals surface area contributed by atoms with Gasteiger partial charge in [0, 0.05) is 54.3 Å². The first-order valence-electron chi connectivity index (χ1n) is 11.0. The molecule has 2 N–H and O–H groups in total. The maximum atomic E-state index is 15.0. The molecule has 6 nitrogen and oxygen atoms in total. The standard InChI is InChI=1S/C26H27ClFN3O3/c1-4-29-22-13-17(31-9-11-34-12-10-31)5-6-18(22)16(2)19-14-20(24(32)15-21(19)28)26(33)23-7-8-25(27)30(23)3/h4-8,13-15,26,29,33H,1,9-12H2,2-3H3. The molecule has 1 aliphatic carbocycles. The highest BCUT2D eigenvalue weighted by Gasteiger charge is 2.28. The average molecular weight is 484 g/mol. The lowest BCUT2D eigenvalue weighted by Crippen LogP contribution is -2.36. The van der Waals surface area contributed by atoms with Crippen LogP contribution >= 0.6 is 11.6 Å². The van der Waals surface area contributed by atoms with E-state index in [1.807, 2.05) is 18.2 Å². The number of carbonyl (C=O) groups excluding carboxylic acids is 1. The van der Waals surface area contributed by atoms with Gasteiger partial charge in [0.2, 0.25) is 0 Å². The number of halogens is 2. The van der Waals surface area contributed by atoms with Crippen molar-refractivity contribution < 1.29 is 19.0 Å². The smallest absolute Gasteiger partial charge is 0.187 e. The first-order chi connectivity index (χ1) is 16.3. The Labute approximate surface area is 203 Å². The molecule has 8 heteroatoms. The number of nitrogens with zero attached hydrogens (tertiary/aromatic N) is 2. The number of carbonyl (C=O) groups is 1. The van der Waals surface area contributed by atoms with Crippen LogP contribution in [0.15, 0.2) is 72.2 Å². The molecule has 1 saturated heterocycles. The number of aliphatic hydroxyl groups is 1. The Morgan fingerprint density at radius 1 is 1.26 bits per heavy atom. The Morgan fingerprint density at radius 3 is 2.65 bits per heavy atom. The number of anilines is 2. The quantitative estimate of drug-likeness (QED) is 0.609. The molecule has 34 heavy (non-hydrogen) atoms. The fourth-order valence-electron chi connectivity index (χ4n) is 4.26. The number of benzene rings is 1. The molecular formula is C26H27ClFN3O3. The molecule has 2 heterocycles. The largest absolute Gasteiger partial charge is 0.382 e. The number of nitrogens with one attached hydrogen (secondary N) is 1. The predicted octanol–water partition coefficient (Wildman–Crippen LogP) is 4.94. The Morgan fingerprint density at radius 2 is 2.00 bits per heavy atom. The number of ether oxygens (including phenoxy) is 1. The fourth-order valence-corrected chi connectivity index (χ4v) is 4.42. The Hall–Kier alpha value is -3.13. The Balaban J connectivity index is 1.76. The van der Waals surface area contributed by atoms with Gasteiger partial charge in [-0.3, -0.25) is 4.79 Å². The van der Waals surface area contributed by atoms with Crippen LogP contribution in [-0.2, 0) is 16.6 Å². The van der Waals surface area contributed by atoms with E-state index in [1.165, 1.54) is 6.08 Å². The van der Waals surface area contributed by atoms with E-state index in [-0.39, 0.29) is 11.1 Å². The molecule has 0 spiro atoms. The normalized spacial score (nSPS) is 18.9. The zero-order valence-electron chi connectivity index (χ0n) is 19.1. The number of aliphatic hydroxyl groups excluding tert-OH is 1. The number of allylic oxidation sites excluding steroid dienone is 5. The molecule has 1 aliphatic heterocycles. The van der Waals surface area contributed by atoms with E-state index < -0.39 is 17.7 Å². The van der Waals surface area contributed by atoms with Gasteiger partial charge in [-0.1, -0.05) is 24.2 Å². The summed E-state index contributed by atoms with van der Waals surface area (Å²) in [5.41, 5.74) is 3.93. The minimum atomic E-state index is -1.24. The van der Waals surface area contributed by atoms with E-state index in [0.717, 1.165) is 36.1 Å². The van der Waals surface area contributed by atoms with E-state index in [0.29, 0.717) is 29.6 Å². The second-order valence-corrected chi connectivity index (χ2v) is 8.60. The summed E-state index contributed by atoms with van der Waals surface area (Å²) in [5.74, 6) is -1.23. The number of morpholine rings is 1. The number of aromatic nitrogens is 1. The van der Waals surface area contributed by atoms with Crippen LogP contribution in [0, 0.1) is 0 Å². The van der Waals surface area contributed by atoms with E-state index in [2.05, 4.69) is 16.8 Å². The minimum absolute atomic E-state index is 0.0804. The zero-order chi connectivity index (χ0) is 24.4.